The van der Waals surface area contributed by atoms with E-state index in [1.807, 2.05) is 24.1 Å². The number of hydrogen-bond donors (Lipinski definition) is 1. The fourth-order valence-electron chi connectivity index (χ4n) is 3.79. The first-order valence-corrected chi connectivity index (χ1v) is 11.7. The average Bonchev–Trinajstić information content (AvgIpc) is 2.90. The molecule has 1 aromatic carbocycles. The van der Waals surface area contributed by atoms with Crippen molar-refractivity contribution in [2.75, 3.05) is 33.8 Å². The number of carboxylic acid groups (broad SMARTS) is 1. The van der Waals surface area contributed by atoms with Crippen LogP contribution in [0.5, 0.6) is 0 Å². The van der Waals surface area contributed by atoms with E-state index in [4.69, 9.17) is 19.9 Å². The number of carboxylic acids is 1. The largest absolute Gasteiger partial charge is 0.490 e. The summed E-state index contributed by atoms with van der Waals surface area (Å²) in [6.07, 6.45) is -1.34. The fraction of sp³-hybridized carbons (Fsp3) is 0.423. The third-order valence-electron chi connectivity index (χ3n) is 5.98. The van der Waals surface area contributed by atoms with Crippen molar-refractivity contribution in [3.05, 3.63) is 65.0 Å². The van der Waals surface area contributed by atoms with Gasteiger partial charge in [0.1, 0.15) is 0 Å². The van der Waals surface area contributed by atoms with Crippen LogP contribution in [0.15, 0.2) is 42.6 Å². The van der Waals surface area contributed by atoms with Gasteiger partial charge in [-0.15, -0.1) is 0 Å². The van der Waals surface area contributed by atoms with Crippen molar-refractivity contribution in [2.45, 2.75) is 38.1 Å². The minimum Gasteiger partial charge on any atom is -0.475 e. The lowest BCUT2D eigenvalue weighted by Gasteiger charge is -2.36. The van der Waals surface area contributed by atoms with E-state index >= 15 is 0 Å². The molecule has 0 radical (unpaired) electrons. The molecule has 1 fully saturated rings. The third kappa shape index (κ3) is 9.57. The number of pyridine rings is 1. The third-order valence-corrected chi connectivity index (χ3v) is 5.98. The first-order chi connectivity index (χ1) is 17.9. The van der Waals surface area contributed by atoms with Gasteiger partial charge in [0.05, 0.1) is 36.9 Å². The van der Waals surface area contributed by atoms with Crippen molar-refractivity contribution >= 4 is 17.7 Å². The predicted molar refractivity (Wildman–Crippen MR) is 130 cm³/mol. The molecule has 204 valence electrons. The molecule has 2 heterocycles. The van der Waals surface area contributed by atoms with E-state index in [2.05, 4.69) is 16.0 Å². The minimum atomic E-state index is -5.08. The van der Waals surface area contributed by atoms with Crippen molar-refractivity contribution in [1.82, 2.24) is 14.8 Å². The first kappa shape index (κ1) is 30.4. The predicted octanol–water partition coefficient (Wildman–Crippen LogP) is 3.08. The van der Waals surface area contributed by atoms with Gasteiger partial charge in [0.15, 0.2) is 5.78 Å². The number of rotatable bonds is 8. The number of carbonyl (C=O) groups excluding carboxylic acids is 2. The summed E-state index contributed by atoms with van der Waals surface area (Å²) in [5.41, 5.74) is 2.91. The number of alkyl halides is 3. The molecule has 3 rings (SSSR count). The van der Waals surface area contributed by atoms with Crippen LogP contribution < -0.4 is 0 Å². The maximum Gasteiger partial charge on any atom is 0.490 e. The highest BCUT2D eigenvalue weighted by Crippen LogP contribution is 2.18. The number of carbonyl (C=O) groups is 3. The monoisotopic (exact) mass is 534 g/mol. The molecule has 12 heteroatoms. The molecule has 1 aliphatic rings. The lowest BCUT2D eigenvalue weighted by molar-refractivity contribution is -0.192. The SMILES string of the molecule is COCc1ccc(CC(=O)N(C)C2CCN(CC(=O)c3ccc(C#N)cc3)CC2)cn1.O=C(O)C(F)(F)F. The number of Topliss-reactive ketones (excluding diaryl/α,β-unsaturated/α-hetero) is 1. The molecular weight excluding hydrogens is 505 g/mol. The summed E-state index contributed by atoms with van der Waals surface area (Å²) >= 11 is 0. The van der Waals surface area contributed by atoms with Gasteiger partial charge in [0.2, 0.25) is 5.91 Å². The van der Waals surface area contributed by atoms with Crippen LogP contribution in [-0.2, 0) is 27.4 Å². The van der Waals surface area contributed by atoms with Crippen LogP contribution in [0.1, 0.15) is 40.0 Å². The van der Waals surface area contributed by atoms with Gasteiger partial charge in [-0.05, 0) is 36.6 Å². The molecule has 0 aliphatic carbocycles. The summed E-state index contributed by atoms with van der Waals surface area (Å²) in [6, 6.07) is 12.8. The Hall–Kier alpha value is -3.82. The number of nitriles is 1. The Morgan fingerprint density at radius 2 is 1.76 bits per heavy atom. The number of nitrogens with zero attached hydrogens (tertiary/aromatic N) is 4. The van der Waals surface area contributed by atoms with E-state index in [9.17, 15) is 22.8 Å². The second kappa shape index (κ2) is 14.2. The van der Waals surface area contributed by atoms with E-state index in [-0.39, 0.29) is 17.7 Å². The van der Waals surface area contributed by atoms with E-state index < -0.39 is 12.1 Å². The van der Waals surface area contributed by atoms with E-state index in [1.165, 1.54) is 0 Å². The Balaban J connectivity index is 0.000000638. The van der Waals surface area contributed by atoms with Crippen molar-refractivity contribution < 1.29 is 37.4 Å². The molecule has 0 unspecified atom stereocenters. The quantitative estimate of drug-likeness (QED) is 0.513. The van der Waals surface area contributed by atoms with Crippen molar-refractivity contribution in [3.63, 3.8) is 0 Å². The maximum absolute atomic E-state index is 12.7. The van der Waals surface area contributed by atoms with Crippen LogP contribution in [0.4, 0.5) is 13.2 Å². The second-order valence-corrected chi connectivity index (χ2v) is 8.69. The first-order valence-electron chi connectivity index (χ1n) is 11.7. The summed E-state index contributed by atoms with van der Waals surface area (Å²) < 4.78 is 36.8. The highest BCUT2D eigenvalue weighted by atomic mass is 19.4. The van der Waals surface area contributed by atoms with Gasteiger partial charge in [0.25, 0.3) is 0 Å². The summed E-state index contributed by atoms with van der Waals surface area (Å²) in [5.74, 6) is -2.63. The van der Waals surface area contributed by atoms with Gasteiger partial charge >= 0.3 is 12.1 Å². The number of hydrogen-bond acceptors (Lipinski definition) is 7. The van der Waals surface area contributed by atoms with E-state index in [0.717, 1.165) is 37.2 Å². The van der Waals surface area contributed by atoms with E-state index in [1.54, 1.807) is 37.6 Å². The topological polar surface area (TPSA) is 124 Å². The Morgan fingerprint density at radius 1 is 1.16 bits per heavy atom. The highest BCUT2D eigenvalue weighted by molar-refractivity contribution is 5.97. The van der Waals surface area contributed by atoms with Crippen LogP contribution in [0, 0.1) is 11.3 Å². The summed E-state index contributed by atoms with van der Waals surface area (Å²) in [5, 5.41) is 16.0. The minimum absolute atomic E-state index is 0.0526. The lowest BCUT2D eigenvalue weighted by Crippen LogP contribution is -2.47. The molecule has 0 saturated carbocycles. The van der Waals surface area contributed by atoms with Crippen LogP contribution in [0.2, 0.25) is 0 Å². The van der Waals surface area contributed by atoms with Gasteiger partial charge in [-0.2, -0.15) is 18.4 Å². The number of likely N-dealkylation sites (tertiary alicyclic amines) is 1. The molecule has 1 N–H and O–H groups in total. The Morgan fingerprint density at radius 3 is 2.24 bits per heavy atom. The number of likely N-dealkylation sites (N-methyl/N-ethyl adjacent to an activating group) is 1. The van der Waals surface area contributed by atoms with Crippen LogP contribution in [0.25, 0.3) is 0 Å². The van der Waals surface area contributed by atoms with Crippen molar-refractivity contribution in [1.29, 1.82) is 5.26 Å². The number of aromatic nitrogens is 1. The number of aliphatic carboxylic acids is 1. The summed E-state index contributed by atoms with van der Waals surface area (Å²) in [4.78, 5) is 42.4. The molecule has 0 bridgehead atoms. The number of amides is 1. The van der Waals surface area contributed by atoms with Gasteiger partial charge in [-0.3, -0.25) is 19.5 Å². The van der Waals surface area contributed by atoms with Crippen molar-refractivity contribution in [2.24, 2.45) is 0 Å². The highest BCUT2D eigenvalue weighted by Gasteiger charge is 2.38. The molecule has 1 saturated heterocycles. The van der Waals surface area contributed by atoms with E-state index in [0.29, 0.717) is 30.7 Å². The maximum atomic E-state index is 12.7. The van der Waals surface area contributed by atoms with Gasteiger partial charge in [-0.25, -0.2) is 4.79 Å². The smallest absolute Gasteiger partial charge is 0.475 e. The molecule has 38 heavy (non-hydrogen) atoms. The normalized spacial score (nSPS) is 14.1. The van der Waals surface area contributed by atoms with Crippen molar-refractivity contribution in [3.8, 4) is 6.07 Å². The zero-order valence-corrected chi connectivity index (χ0v) is 21.1. The van der Waals surface area contributed by atoms with Crippen LogP contribution in [0.3, 0.4) is 0 Å². The summed E-state index contributed by atoms with van der Waals surface area (Å²) in [7, 11) is 3.49. The Kier molecular flexibility index (Phi) is 11.4. The number of methoxy groups -OCH3 is 1. The number of ether oxygens (including phenoxy) is 1. The number of ketones is 1. The number of piperidine rings is 1. The summed E-state index contributed by atoms with van der Waals surface area (Å²) in [6.45, 7) is 2.37. The molecule has 1 aromatic heterocycles. The molecule has 2 aromatic rings. The number of benzene rings is 1. The van der Waals surface area contributed by atoms with Gasteiger partial charge in [-0.1, -0.05) is 18.2 Å². The lowest BCUT2D eigenvalue weighted by atomic mass is 10.0. The van der Waals surface area contributed by atoms with Crippen LogP contribution >= 0.6 is 0 Å². The molecule has 0 spiro atoms. The fourth-order valence-corrected chi connectivity index (χ4v) is 3.79. The zero-order chi connectivity index (χ0) is 28.3. The molecule has 0 atom stereocenters. The number of halogens is 3. The Bertz CT molecular complexity index is 1120. The zero-order valence-electron chi connectivity index (χ0n) is 21.1. The average molecular weight is 535 g/mol. The molecule has 1 amide bonds. The molecule has 1 aliphatic heterocycles. The second-order valence-electron chi connectivity index (χ2n) is 8.69. The van der Waals surface area contributed by atoms with Gasteiger partial charge in [0, 0.05) is 45.0 Å². The molecule has 9 nitrogen and oxygen atoms in total. The molecular formula is C26H29F3N4O5. The van der Waals surface area contributed by atoms with Gasteiger partial charge < -0.3 is 14.7 Å². The Labute approximate surface area is 218 Å². The standard InChI is InChI=1S/C24H28N4O3.C2HF3O2/c1-27(24(30)13-19-5-8-21(17-31-2)26-15-19)22-9-11-28(12-10-22)16-23(29)20-6-3-18(14-25)4-7-20;3-2(4,5)1(6)7/h3-8,15,22H,9-13,16-17H2,1-2H3;(H,6,7). The van der Waals surface area contributed by atoms with Crippen LogP contribution in [-0.4, -0.2) is 83.6 Å².